The van der Waals surface area contributed by atoms with Gasteiger partial charge in [0.15, 0.2) is 0 Å². The normalized spacial score (nSPS) is 17.0. The predicted molar refractivity (Wildman–Crippen MR) is 92.3 cm³/mol. The molecule has 4 heteroatoms. The van der Waals surface area contributed by atoms with Gasteiger partial charge in [0.2, 0.25) is 5.91 Å². The van der Waals surface area contributed by atoms with Crippen LogP contribution in [0.5, 0.6) is 0 Å². The van der Waals surface area contributed by atoms with Gasteiger partial charge in [-0.25, -0.2) is 0 Å². The average molecular weight is 312 g/mol. The van der Waals surface area contributed by atoms with E-state index in [4.69, 9.17) is 0 Å². The molecule has 1 aliphatic rings. The quantitative estimate of drug-likeness (QED) is 0.940. The summed E-state index contributed by atoms with van der Waals surface area (Å²) in [6, 6.07) is 18.3. The maximum atomic E-state index is 12.2. The molecule has 1 N–H and O–H groups in total. The Bertz CT molecular complexity index is 645. The van der Waals surface area contributed by atoms with E-state index in [0.29, 0.717) is 18.3 Å². The van der Waals surface area contributed by atoms with Crippen LogP contribution >= 0.6 is 11.8 Å². The van der Waals surface area contributed by atoms with Crippen LogP contribution in [0.1, 0.15) is 12.5 Å². The number of carbonyl (C=O) groups is 1. The molecule has 0 unspecified atom stereocenters. The highest BCUT2D eigenvalue weighted by atomic mass is 32.2. The molecule has 1 amide bonds. The predicted octanol–water partition coefficient (Wildman–Crippen LogP) is 3.30. The lowest BCUT2D eigenvalue weighted by Crippen LogP contribution is -2.41. The zero-order chi connectivity index (χ0) is 15.4. The number of amides is 1. The van der Waals surface area contributed by atoms with Gasteiger partial charge in [0.25, 0.3) is 0 Å². The summed E-state index contributed by atoms with van der Waals surface area (Å²) in [6.45, 7) is 4.10. The molecule has 114 valence electrons. The van der Waals surface area contributed by atoms with Crippen LogP contribution in [0, 0.1) is 0 Å². The first kappa shape index (κ1) is 15.0. The van der Waals surface area contributed by atoms with Crippen LogP contribution in [0.25, 0.3) is 0 Å². The Morgan fingerprint density at radius 2 is 1.91 bits per heavy atom. The molecule has 0 aromatic heterocycles. The van der Waals surface area contributed by atoms with E-state index in [1.165, 1.54) is 10.6 Å². The summed E-state index contributed by atoms with van der Waals surface area (Å²) >= 11 is 1.88. The van der Waals surface area contributed by atoms with Gasteiger partial charge in [0.05, 0.1) is 12.2 Å². The van der Waals surface area contributed by atoms with Crippen molar-refractivity contribution in [2.75, 3.05) is 18.0 Å². The van der Waals surface area contributed by atoms with Crippen LogP contribution in [-0.4, -0.2) is 24.2 Å². The highest BCUT2D eigenvalue weighted by Gasteiger charge is 2.23. The Morgan fingerprint density at radius 3 is 2.73 bits per heavy atom. The Hall–Kier alpha value is -1.94. The molecule has 22 heavy (non-hydrogen) atoms. The molecule has 3 rings (SSSR count). The molecule has 1 heterocycles. The van der Waals surface area contributed by atoms with E-state index in [1.807, 2.05) is 48.2 Å². The Balaban J connectivity index is 1.62. The number of fused-ring (bicyclic) bond motifs is 1. The third-order valence-corrected chi connectivity index (χ3v) is 4.83. The van der Waals surface area contributed by atoms with E-state index in [2.05, 4.69) is 35.3 Å². The Labute approximate surface area is 135 Å². The van der Waals surface area contributed by atoms with Crippen LogP contribution in [0.15, 0.2) is 59.5 Å². The summed E-state index contributed by atoms with van der Waals surface area (Å²) in [7, 11) is 0. The lowest BCUT2D eigenvalue weighted by molar-refractivity contribution is -0.119. The molecule has 1 atom stereocenters. The number of para-hydroxylation sites is 1. The van der Waals surface area contributed by atoms with Gasteiger partial charge in [-0.05, 0) is 17.7 Å². The second-order valence-electron chi connectivity index (χ2n) is 5.54. The number of nitrogens with zero attached hydrogens (tertiary/aromatic N) is 1. The van der Waals surface area contributed by atoms with Crippen LogP contribution in [0.3, 0.4) is 0 Å². The zero-order valence-corrected chi connectivity index (χ0v) is 13.5. The number of hydrogen-bond donors (Lipinski definition) is 1. The van der Waals surface area contributed by atoms with Crippen molar-refractivity contribution < 1.29 is 4.79 Å². The van der Waals surface area contributed by atoms with Gasteiger partial charge in [-0.3, -0.25) is 4.79 Å². The highest BCUT2D eigenvalue weighted by molar-refractivity contribution is 8.00. The van der Waals surface area contributed by atoms with Crippen LogP contribution in [0.4, 0.5) is 5.69 Å². The van der Waals surface area contributed by atoms with Crippen molar-refractivity contribution in [3.8, 4) is 0 Å². The molecule has 0 saturated carbocycles. The lowest BCUT2D eigenvalue weighted by Gasteiger charge is -2.33. The molecule has 0 bridgehead atoms. The summed E-state index contributed by atoms with van der Waals surface area (Å²) in [6.07, 6.45) is 0. The summed E-state index contributed by atoms with van der Waals surface area (Å²) < 4.78 is 0. The monoisotopic (exact) mass is 312 g/mol. The Morgan fingerprint density at radius 1 is 1.18 bits per heavy atom. The molecule has 0 aliphatic carbocycles. The number of rotatable bonds is 4. The summed E-state index contributed by atoms with van der Waals surface area (Å²) in [4.78, 5) is 15.7. The van der Waals surface area contributed by atoms with E-state index in [-0.39, 0.29) is 5.91 Å². The number of hydrogen-bond acceptors (Lipinski definition) is 3. The molecular formula is C18H20N2OS. The van der Waals surface area contributed by atoms with Gasteiger partial charge >= 0.3 is 0 Å². The summed E-state index contributed by atoms with van der Waals surface area (Å²) in [5, 5.41) is 3.50. The maximum Gasteiger partial charge on any atom is 0.239 e. The first-order valence-electron chi connectivity index (χ1n) is 7.53. The van der Waals surface area contributed by atoms with Crippen LogP contribution in [0.2, 0.25) is 0 Å². The molecule has 0 spiro atoms. The number of nitrogens with one attached hydrogen (secondary N) is 1. The zero-order valence-electron chi connectivity index (χ0n) is 12.7. The SMILES string of the molecule is C[C@H]1CN(CC(=O)NCc2ccccc2)c2ccccc2S1. The maximum absolute atomic E-state index is 12.2. The van der Waals surface area contributed by atoms with Crippen molar-refractivity contribution in [1.29, 1.82) is 0 Å². The minimum Gasteiger partial charge on any atom is -0.360 e. The lowest BCUT2D eigenvalue weighted by atomic mass is 10.2. The van der Waals surface area contributed by atoms with Crippen LogP contribution in [-0.2, 0) is 11.3 Å². The highest BCUT2D eigenvalue weighted by Crippen LogP contribution is 2.37. The molecule has 1 aliphatic heterocycles. The van der Waals surface area contributed by atoms with Crippen molar-refractivity contribution >= 4 is 23.4 Å². The minimum atomic E-state index is 0.0674. The van der Waals surface area contributed by atoms with Gasteiger partial charge in [-0.1, -0.05) is 49.4 Å². The molecular weight excluding hydrogens is 292 g/mol. The molecule has 0 fully saturated rings. The smallest absolute Gasteiger partial charge is 0.239 e. The van der Waals surface area contributed by atoms with Gasteiger partial charge in [-0.15, -0.1) is 11.8 Å². The Kier molecular flexibility index (Phi) is 4.68. The number of anilines is 1. The molecule has 2 aromatic rings. The van der Waals surface area contributed by atoms with E-state index < -0.39 is 0 Å². The third-order valence-electron chi connectivity index (χ3n) is 3.68. The van der Waals surface area contributed by atoms with Crippen molar-refractivity contribution in [3.63, 3.8) is 0 Å². The van der Waals surface area contributed by atoms with E-state index in [0.717, 1.165) is 12.1 Å². The van der Waals surface area contributed by atoms with E-state index >= 15 is 0 Å². The fraction of sp³-hybridized carbons (Fsp3) is 0.278. The van der Waals surface area contributed by atoms with Gasteiger partial charge < -0.3 is 10.2 Å². The van der Waals surface area contributed by atoms with Crippen LogP contribution < -0.4 is 10.2 Å². The van der Waals surface area contributed by atoms with Crippen molar-refractivity contribution in [1.82, 2.24) is 5.32 Å². The van der Waals surface area contributed by atoms with E-state index in [9.17, 15) is 4.79 Å². The minimum absolute atomic E-state index is 0.0674. The second kappa shape index (κ2) is 6.88. The van der Waals surface area contributed by atoms with Gasteiger partial charge in [0, 0.05) is 23.2 Å². The van der Waals surface area contributed by atoms with Crippen molar-refractivity contribution in [3.05, 3.63) is 60.2 Å². The molecule has 0 saturated heterocycles. The van der Waals surface area contributed by atoms with Crippen molar-refractivity contribution in [2.24, 2.45) is 0 Å². The second-order valence-corrected chi connectivity index (χ2v) is 7.02. The molecule has 0 radical (unpaired) electrons. The summed E-state index contributed by atoms with van der Waals surface area (Å²) in [5.41, 5.74) is 2.29. The topological polar surface area (TPSA) is 32.3 Å². The fourth-order valence-electron chi connectivity index (χ4n) is 2.66. The number of thioether (sulfide) groups is 1. The first-order valence-corrected chi connectivity index (χ1v) is 8.41. The summed E-state index contributed by atoms with van der Waals surface area (Å²) in [5.74, 6) is 0.0674. The third kappa shape index (κ3) is 3.63. The standard InChI is InChI=1S/C18H20N2OS/c1-14-12-20(16-9-5-6-10-17(16)22-14)13-18(21)19-11-15-7-3-2-4-8-15/h2-10,14H,11-13H2,1H3,(H,19,21)/t14-/m0/s1. The molecule has 2 aromatic carbocycles. The number of carbonyl (C=O) groups excluding carboxylic acids is 1. The van der Waals surface area contributed by atoms with Crippen molar-refractivity contribution in [2.45, 2.75) is 23.6 Å². The number of benzene rings is 2. The average Bonchev–Trinajstić information content (AvgIpc) is 2.54. The van der Waals surface area contributed by atoms with Gasteiger partial charge in [-0.2, -0.15) is 0 Å². The fourth-order valence-corrected chi connectivity index (χ4v) is 3.82. The molecule has 3 nitrogen and oxygen atoms in total. The van der Waals surface area contributed by atoms with Gasteiger partial charge in [0.1, 0.15) is 0 Å². The first-order chi connectivity index (χ1) is 10.7. The largest absolute Gasteiger partial charge is 0.360 e. The van der Waals surface area contributed by atoms with E-state index in [1.54, 1.807) is 0 Å².